The SMILES string of the molecule is CC(C)NC(=O)Nc1ccccc1NC(=O)c1nc(-c2cccs2)n(-c2ccc(F)cc2)n1. The number of anilines is 2. The summed E-state index contributed by atoms with van der Waals surface area (Å²) in [7, 11) is 0. The minimum Gasteiger partial charge on any atom is -0.336 e. The Morgan fingerprint density at radius 3 is 2.30 bits per heavy atom. The van der Waals surface area contributed by atoms with Gasteiger partial charge in [-0.05, 0) is 61.7 Å². The molecule has 0 unspecified atom stereocenters. The monoisotopic (exact) mass is 464 g/mol. The molecule has 0 aliphatic rings. The third kappa shape index (κ3) is 5.24. The van der Waals surface area contributed by atoms with E-state index >= 15 is 0 Å². The van der Waals surface area contributed by atoms with Crippen molar-refractivity contribution in [1.82, 2.24) is 20.1 Å². The van der Waals surface area contributed by atoms with E-state index < -0.39 is 5.91 Å². The second kappa shape index (κ2) is 9.61. The van der Waals surface area contributed by atoms with E-state index in [0.29, 0.717) is 22.9 Å². The van der Waals surface area contributed by atoms with E-state index in [1.165, 1.54) is 28.2 Å². The molecular formula is C23H21FN6O2S. The summed E-state index contributed by atoms with van der Waals surface area (Å²) in [6.45, 7) is 3.70. The normalized spacial score (nSPS) is 10.8. The van der Waals surface area contributed by atoms with Crippen LogP contribution in [0.15, 0.2) is 66.0 Å². The molecule has 0 fully saturated rings. The van der Waals surface area contributed by atoms with Gasteiger partial charge in [-0.3, -0.25) is 4.79 Å². The van der Waals surface area contributed by atoms with E-state index in [1.54, 1.807) is 36.4 Å². The number of hydrogen-bond donors (Lipinski definition) is 3. The van der Waals surface area contributed by atoms with Gasteiger partial charge >= 0.3 is 6.03 Å². The summed E-state index contributed by atoms with van der Waals surface area (Å²) in [5.41, 5.74) is 1.40. The predicted molar refractivity (Wildman–Crippen MR) is 126 cm³/mol. The summed E-state index contributed by atoms with van der Waals surface area (Å²) < 4.78 is 14.9. The lowest BCUT2D eigenvalue weighted by Gasteiger charge is -2.13. The maximum Gasteiger partial charge on any atom is 0.319 e. The van der Waals surface area contributed by atoms with Gasteiger partial charge in [0.05, 0.1) is 21.9 Å². The van der Waals surface area contributed by atoms with Gasteiger partial charge < -0.3 is 16.0 Å². The van der Waals surface area contributed by atoms with Crippen molar-refractivity contribution in [1.29, 1.82) is 0 Å². The van der Waals surface area contributed by atoms with Gasteiger partial charge in [-0.15, -0.1) is 16.4 Å². The largest absolute Gasteiger partial charge is 0.336 e. The lowest BCUT2D eigenvalue weighted by molar-refractivity contribution is 0.101. The molecule has 2 aromatic carbocycles. The molecule has 33 heavy (non-hydrogen) atoms. The van der Waals surface area contributed by atoms with Crippen molar-refractivity contribution in [3.8, 4) is 16.4 Å². The lowest BCUT2D eigenvalue weighted by atomic mass is 10.2. The Labute approximate surface area is 193 Å². The average molecular weight is 465 g/mol. The molecule has 8 nitrogen and oxygen atoms in total. The topological polar surface area (TPSA) is 101 Å². The molecule has 10 heteroatoms. The van der Waals surface area contributed by atoms with Crippen molar-refractivity contribution >= 4 is 34.6 Å². The van der Waals surface area contributed by atoms with Crippen molar-refractivity contribution in [2.24, 2.45) is 0 Å². The van der Waals surface area contributed by atoms with Crippen molar-refractivity contribution in [3.05, 3.63) is 77.7 Å². The van der Waals surface area contributed by atoms with Gasteiger partial charge in [0.1, 0.15) is 5.82 Å². The number of nitrogens with zero attached hydrogens (tertiary/aromatic N) is 3. The highest BCUT2D eigenvalue weighted by Crippen LogP contribution is 2.27. The quantitative estimate of drug-likeness (QED) is 0.377. The number of amides is 3. The van der Waals surface area contributed by atoms with Gasteiger partial charge in [0.15, 0.2) is 5.82 Å². The highest BCUT2D eigenvalue weighted by atomic mass is 32.1. The molecule has 0 bridgehead atoms. The van der Waals surface area contributed by atoms with Crippen LogP contribution in [0.1, 0.15) is 24.5 Å². The summed E-state index contributed by atoms with van der Waals surface area (Å²) in [5, 5.41) is 14.5. The maximum absolute atomic E-state index is 13.4. The highest BCUT2D eigenvalue weighted by molar-refractivity contribution is 7.13. The van der Waals surface area contributed by atoms with Gasteiger partial charge in [0.25, 0.3) is 5.91 Å². The second-order valence-electron chi connectivity index (χ2n) is 7.38. The molecule has 2 heterocycles. The van der Waals surface area contributed by atoms with Crippen molar-refractivity contribution in [2.45, 2.75) is 19.9 Å². The number of nitrogens with one attached hydrogen (secondary N) is 3. The summed E-state index contributed by atoms with van der Waals surface area (Å²) in [6, 6.07) is 15.9. The van der Waals surface area contributed by atoms with Crippen molar-refractivity contribution in [2.75, 3.05) is 10.6 Å². The number of benzene rings is 2. The van der Waals surface area contributed by atoms with Crippen LogP contribution in [0.3, 0.4) is 0 Å². The smallest absolute Gasteiger partial charge is 0.319 e. The number of urea groups is 1. The molecule has 2 aromatic heterocycles. The van der Waals surface area contributed by atoms with Crippen LogP contribution in [0.25, 0.3) is 16.4 Å². The molecule has 3 N–H and O–H groups in total. The van der Waals surface area contributed by atoms with E-state index in [1.807, 2.05) is 31.4 Å². The number of rotatable bonds is 6. The fourth-order valence-corrected chi connectivity index (χ4v) is 3.73. The molecule has 4 rings (SSSR count). The fraction of sp³-hybridized carbons (Fsp3) is 0.130. The number of aromatic nitrogens is 3. The standard InChI is InChI=1S/C23H21FN6O2S/c1-14(2)25-23(32)27-18-7-4-3-6-17(18)26-22(31)20-28-21(19-8-5-13-33-19)30(29-20)16-11-9-15(24)10-12-16/h3-14H,1-2H3,(H,26,31)(H2,25,27,32). The van der Waals surface area contributed by atoms with E-state index in [0.717, 1.165) is 4.88 Å². The number of thiophene rings is 1. The zero-order chi connectivity index (χ0) is 23.4. The number of hydrogen-bond acceptors (Lipinski definition) is 5. The predicted octanol–water partition coefficient (Wildman–Crippen LogP) is 4.92. The zero-order valence-electron chi connectivity index (χ0n) is 17.9. The van der Waals surface area contributed by atoms with Gasteiger partial charge in [-0.25, -0.2) is 18.9 Å². The summed E-state index contributed by atoms with van der Waals surface area (Å²) in [6.07, 6.45) is 0. The molecule has 0 aliphatic carbocycles. The first kappa shape index (κ1) is 22.2. The fourth-order valence-electron chi connectivity index (χ4n) is 3.04. The highest BCUT2D eigenvalue weighted by Gasteiger charge is 2.20. The second-order valence-corrected chi connectivity index (χ2v) is 8.33. The van der Waals surface area contributed by atoms with Gasteiger partial charge in [0.2, 0.25) is 5.82 Å². The molecule has 3 amide bonds. The van der Waals surface area contributed by atoms with Crippen LogP contribution < -0.4 is 16.0 Å². The van der Waals surface area contributed by atoms with Crippen LogP contribution in [0.4, 0.5) is 20.6 Å². The number of para-hydroxylation sites is 2. The van der Waals surface area contributed by atoms with Gasteiger partial charge in [-0.1, -0.05) is 18.2 Å². The Balaban J connectivity index is 1.63. The van der Waals surface area contributed by atoms with Crippen LogP contribution in [0.5, 0.6) is 0 Å². The zero-order valence-corrected chi connectivity index (χ0v) is 18.7. The van der Waals surface area contributed by atoms with Crippen LogP contribution in [0.2, 0.25) is 0 Å². The Bertz CT molecular complexity index is 1270. The molecule has 0 radical (unpaired) electrons. The molecule has 0 saturated heterocycles. The van der Waals surface area contributed by atoms with Crippen LogP contribution >= 0.6 is 11.3 Å². The Morgan fingerprint density at radius 1 is 0.970 bits per heavy atom. The first-order chi connectivity index (χ1) is 15.9. The van der Waals surface area contributed by atoms with E-state index in [9.17, 15) is 14.0 Å². The number of carbonyl (C=O) groups is 2. The maximum atomic E-state index is 13.4. The third-order valence-electron chi connectivity index (χ3n) is 4.47. The number of carbonyl (C=O) groups excluding carboxylic acids is 2. The Kier molecular flexibility index (Phi) is 6.45. The van der Waals surface area contributed by atoms with E-state index in [2.05, 4.69) is 26.0 Å². The Morgan fingerprint density at radius 2 is 1.67 bits per heavy atom. The van der Waals surface area contributed by atoms with Crippen LogP contribution in [0, 0.1) is 5.82 Å². The van der Waals surface area contributed by atoms with Gasteiger partial charge in [0, 0.05) is 6.04 Å². The average Bonchev–Trinajstić information content (AvgIpc) is 3.45. The van der Waals surface area contributed by atoms with E-state index in [-0.39, 0.29) is 23.7 Å². The Hall–Kier alpha value is -4.05. The summed E-state index contributed by atoms with van der Waals surface area (Å²) >= 11 is 1.45. The molecular weight excluding hydrogens is 443 g/mol. The number of halogens is 1. The van der Waals surface area contributed by atoms with E-state index in [4.69, 9.17) is 0 Å². The molecule has 4 aromatic rings. The minimum absolute atomic E-state index is 0.0398. The van der Waals surface area contributed by atoms with Crippen molar-refractivity contribution < 1.29 is 14.0 Å². The molecule has 0 spiro atoms. The summed E-state index contributed by atoms with van der Waals surface area (Å²) in [4.78, 5) is 30.4. The first-order valence-corrected chi connectivity index (χ1v) is 11.0. The minimum atomic E-state index is -0.549. The van der Waals surface area contributed by atoms with Crippen LogP contribution in [-0.4, -0.2) is 32.7 Å². The third-order valence-corrected chi connectivity index (χ3v) is 5.33. The molecule has 0 aliphatic heterocycles. The molecule has 0 atom stereocenters. The van der Waals surface area contributed by atoms with Gasteiger partial charge in [-0.2, -0.15) is 0 Å². The lowest BCUT2D eigenvalue weighted by Crippen LogP contribution is -2.34. The first-order valence-electron chi connectivity index (χ1n) is 10.2. The van der Waals surface area contributed by atoms with Crippen molar-refractivity contribution in [3.63, 3.8) is 0 Å². The molecule has 0 saturated carbocycles. The molecule has 168 valence electrons. The summed E-state index contributed by atoms with van der Waals surface area (Å²) in [5.74, 6) is -0.527. The van der Waals surface area contributed by atoms with Crippen LogP contribution in [-0.2, 0) is 0 Å².